The molecular formula is C16H20N2O. The zero-order valence-corrected chi connectivity index (χ0v) is 11.5. The number of aromatic nitrogens is 1. The maximum absolute atomic E-state index is 5.83. The Labute approximate surface area is 114 Å². The number of para-hydroxylation sites is 1. The Hall–Kier alpha value is -1.87. The number of ether oxygens (including phenoxy) is 1. The summed E-state index contributed by atoms with van der Waals surface area (Å²) in [6.45, 7) is 2.84. The molecular weight excluding hydrogens is 236 g/mol. The minimum Gasteiger partial charge on any atom is -0.493 e. The van der Waals surface area contributed by atoms with Crippen molar-refractivity contribution in [3.8, 4) is 16.9 Å². The number of fused-ring (bicyclic) bond motifs is 1. The highest BCUT2D eigenvalue weighted by atomic mass is 16.5. The molecule has 0 atom stereocenters. The van der Waals surface area contributed by atoms with Crippen LogP contribution in [0.4, 0.5) is 0 Å². The molecule has 0 aliphatic carbocycles. The van der Waals surface area contributed by atoms with Crippen molar-refractivity contribution in [2.24, 2.45) is 5.73 Å². The van der Waals surface area contributed by atoms with Crippen molar-refractivity contribution in [1.82, 2.24) is 4.98 Å². The van der Waals surface area contributed by atoms with Gasteiger partial charge >= 0.3 is 0 Å². The summed E-state index contributed by atoms with van der Waals surface area (Å²) in [5.41, 5.74) is 9.24. The van der Waals surface area contributed by atoms with Crippen LogP contribution < -0.4 is 10.5 Å². The molecule has 1 aromatic carbocycles. The lowest BCUT2D eigenvalue weighted by molar-refractivity contribution is 0.289. The Kier molecular flexibility index (Phi) is 4.53. The summed E-state index contributed by atoms with van der Waals surface area (Å²) in [6.07, 6.45) is 4.09. The molecule has 19 heavy (non-hydrogen) atoms. The number of hydrogen-bond acceptors (Lipinski definition) is 3. The molecule has 100 valence electrons. The Morgan fingerprint density at radius 2 is 2.05 bits per heavy atom. The first-order chi connectivity index (χ1) is 9.34. The Morgan fingerprint density at radius 3 is 2.84 bits per heavy atom. The summed E-state index contributed by atoms with van der Waals surface area (Å²) in [5.74, 6) is 1.06. The van der Waals surface area contributed by atoms with Gasteiger partial charge in [-0.2, -0.15) is 0 Å². The molecule has 1 aromatic heterocycles. The van der Waals surface area contributed by atoms with Gasteiger partial charge in [0.1, 0.15) is 5.75 Å². The zero-order chi connectivity index (χ0) is 13.7. The van der Waals surface area contributed by atoms with Crippen molar-refractivity contribution < 1.29 is 4.74 Å². The summed E-state index contributed by atoms with van der Waals surface area (Å²) in [6, 6.07) is 10.5. The molecule has 3 nitrogen and oxygen atoms in total. The van der Waals surface area contributed by atoms with Crippen LogP contribution in [0.2, 0.25) is 0 Å². The summed E-state index contributed by atoms with van der Waals surface area (Å²) in [5, 5.41) is 0. The van der Waals surface area contributed by atoms with E-state index in [1.165, 1.54) is 23.7 Å². The molecule has 3 heteroatoms. The second kappa shape index (κ2) is 6.34. The van der Waals surface area contributed by atoms with E-state index in [1.54, 1.807) is 0 Å². The molecule has 0 saturated carbocycles. The standard InChI is InChI=1S/C15H15NO.CH5N/c1-11-10-13(7-8-16-11)14-6-2-4-12-5-3-9-17-15(12)14;1-2/h2,4,6-8,10H,3,5,9H2,1H3;2H2,1H3. The quantitative estimate of drug-likeness (QED) is 0.853. The predicted octanol–water partition coefficient (Wildman–Crippen LogP) is 2.96. The van der Waals surface area contributed by atoms with Crippen molar-refractivity contribution in [3.05, 3.63) is 47.8 Å². The van der Waals surface area contributed by atoms with Crippen LogP contribution in [0.1, 0.15) is 17.7 Å². The van der Waals surface area contributed by atoms with Crippen LogP contribution in [0.15, 0.2) is 36.5 Å². The first kappa shape index (κ1) is 13.6. The van der Waals surface area contributed by atoms with Gasteiger partial charge < -0.3 is 10.5 Å². The fourth-order valence-electron chi connectivity index (χ4n) is 2.33. The lowest BCUT2D eigenvalue weighted by Crippen LogP contribution is -2.09. The average molecular weight is 256 g/mol. The third kappa shape index (κ3) is 2.93. The minimum absolute atomic E-state index is 0.827. The lowest BCUT2D eigenvalue weighted by atomic mass is 9.98. The second-order valence-electron chi connectivity index (χ2n) is 4.43. The van der Waals surface area contributed by atoms with E-state index in [4.69, 9.17) is 4.74 Å². The molecule has 0 bridgehead atoms. The largest absolute Gasteiger partial charge is 0.493 e. The summed E-state index contributed by atoms with van der Waals surface area (Å²) in [4.78, 5) is 4.24. The van der Waals surface area contributed by atoms with Crippen LogP contribution in [0.3, 0.4) is 0 Å². The van der Waals surface area contributed by atoms with Crippen molar-refractivity contribution in [1.29, 1.82) is 0 Å². The summed E-state index contributed by atoms with van der Waals surface area (Å²) < 4.78 is 5.83. The van der Waals surface area contributed by atoms with E-state index in [1.807, 2.05) is 19.2 Å². The van der Waals surface area contributed by atoms with E-state index in [-0.39, 0.29) is 0 Å². The van der Waals surface area contributed by atoms with E-state index in [0.29, 0.717) is 0 Å². The Morgan fingerprint density at radius 1 is 1.21 bits per heavy atom. The molecule has 2 aromatic rings. The topological polar surface area (TPSA) is 48.1 Å². The maximum Gasteiger partial charge on any atom is 0.130 e. The highest BCUT2D eigenvalue weighted by Gasteiger charge is 2.15. The number of pyridine rings is 1. The van der Waals surface area contributed by atoms with Gasteiger partial charge in [-0.05, 0) is 50.1 Å². The molecule has 0 spiro atoms. The fraction of sp³-hybridized carbons (Fsp3) is 0.312. The molecule has 2 heterocycles. The van der Waals surface area contributed by atoms with Crippen LogP contribution in [0, 0.1) is 6.92 Å². The first-order valence-electron chi connectivity index (χ1n) is 6.60. The number of aryl methyl sites for hydroxylation is 2. The maximum atomic E-state index is 5.83. The van der Waals surface area contributed by atoms with Crippen LogP contribution in [0.25, 0.3) is 11.1 Å². The molecule has 1 aliphatic heterocycles. The van der Waals surface area contributed by atoms with Gasteiger partial charge in [0.2, 0.25) is 0 Å². The van der Waals surface area contributed by atoms with Crippen LogP contribution in [0.5, 0.6) is 5.75 Å². The van der Waals surface area contributed by atoms with Gasteiger partial charge in [-0.25, -0.2) is 0 Å². The van der Waals surface area contributed by atoms with Crippen LogP contribution >= 0.6 is 0 Å². The number of rotatable bonds is 1. The van der Waals surface area contributed by atoms with Crippen LogP contribution in [-0.2, 0) is 6.42 Å². The van der Waals surface area contributed by atoms with E-state index in [9.17, 15) is 0 Å². The van der Waals surface area contributed by atoms with Gasteiger partial charge in [0.15, 0.2) is 0 Å². The van der Waals surface area contributed by atoms with Gasteiger partial charge in [0.25, 0.3) is 0 Å². The van der Waals surface area contributed by atoms with Gasteiger partial charge in [-0.3, -0.25) is 4.98 Å². The number of benzene rings is 1. The van der Waals surface area contributed by atoms with Crippen molar-refractivity contribution >= 4 is 0 Å². The molecule has 0 unspecified atom stereocenters. The molecule has 3 rings (SSSR count). The molecule has 2 N–H and O–H groups in total. The molecule has 0 radical (unpaired) electrons. The Balaban J connectivity index is 0.000000637. The molecule has 1 aliphatic rings. The number of nitrogens with zero attached hydrogens (tertiary/aromatic N) is 1. The number of hydrogen-bond donors (Lipinski definition) is 1. The van der Waals surface area contributed by atoms with Gasteiger partial charge in [0.05, 0.1) is 6.61 Å². The molecule has 0 amide bonds. The minimum atomic E-state index is 0.827. The normalized spacial score (nSPS) is 12.8. The summed E-state index contributed by atoms with van der Waals surface area (Å²) in [7, 11) is 1.50. The van der Waals surface area contributed by atoms with E-state index >= 15 is 0 Å². The smallest absolute Gasteiger partial charge is 0.130 e. The predicted molar refractivity (Wildman–Crippen MR) is 78.3 cm³/mol. The van der Waals surface area contributed by atoms with E-state index < -0.39 is 0 Å². The third-order valence-corrected chi connectivity index (χ3v) is 3.14. The van der Waals surface area contributed by atoms with Crippen molar-refractivity contribution in [3.63, 3.8) is 0 Å². The Bertz CT molecular complexity index is 552. The first-order valence-corrected chi connectivity index (χ1v) is 6.60. The fourth-order valence-corrected chi connectivity index (χ4v) is 2.33. The van der Waals surface area contributed by atoms with Crippen molar-refractivity contribution in [2.45, 2.75) is 19.8 Å². The average Bonchev–Trinajstić information content (AvgIpc) is 2.49. The number of nitrogens with two attached hydrogens (primary N) is 1. The van der Waals surface area contributed by atoms with Gasteiger partial charge in [-0.15, -0.1) is 0 Å². The van der Waals surface area contributed by atoms with E-state index in [2.05, 4.69) is 35.0 Å². The van der Waals surface area contributed by atoms with Crippen LogP contribution in [-0.4, -0.2) is 18.6 Å². The van der Waals surface area contributed by atoms with E-state index in [0.717, 1.165) is 30.9 Å². The second-order valence-corrected chi connectivity index (χ2v) is 4.43. The zero-order valence-electron chi connectivity index (χ0n) is 11.5. The van der Waals surface area contributed by atoms with Gasteiger partial charge in [-0.1, -0.05) is 18.2 Å². The molecule has 0 saturated heterocycles. The highest BCUT2D eigenvalue weighted by molar-refractivity contribution is 5.72. The third-order valence-electron chi connectivity index (χ3n) is 3.14. The summed E-state index contributed by atoms with van der Waals surface area (Å²) >= 11 is 0. The van der Waals surface area contributed by atoms with Gasteiger partial charge in [0, 0.05) is 17.5 Å². The van der Waals surface area contributed by atoms with Crippen molar-refractivity contribution in [2.75, 3.05) is 13.7 Å². The highest BCUT2D eigenvalue weighted by Crippen LogP contribution is 2.35. The SMILES string of the molecule is CN.Cc1cc(-c2cccc3c2OCCC3)ccn1. The lowest BCUT2D eigenvalue weighted by Gasteiger charge is -2.20. The monoisotopic (exact) mass is 256 g/mol. The molecule has 0 fully saturated rings.